The van der Waals surface area contributed by atoms with Gasteiger partial charge in [0.05, 0.1) is 6.26 Å². The molecule has 1 amide bonds. The summed E-state index contributed by atoms with van der Waals surface area (Å²) in [5.74, 6) is 0.910. The van der Waals surface area contributed by atoms with E-state index in [1.165, 1.54) is 0 Å². The van der Waals surface area contributed by atoms with E-state index >= 15 is 0 Å². The van der Waals surface area contributed by atoms with E-state index < -0.39 is 0 Å². The van der Waals surface area contributed by atoms with Crippen LogP contribution in [0.25, 0.3) is 0 Å². The summed E-state index contributed by atoms with van der Waals surface area (Å²) in [4.78, 5) is 14.5. The average Bonchev–Trinajstić information content (AvgIpc) is 3.01. The molecular weight excluding hydrogens is 264 g/mol. The Morgan fingerprint density at radius 2 is 2.00 bits per heavy atom. The molecule has 0 fully saturated rings. The van der Waals surface area contributed by atoms with Crippen LogP contribution in [0.5, 0.6) is 0 Å². The highest BCUT2D eigenvalue weighted by atomic mass is 16.3. The molecular formula is C17H22N2O2. The van der Waals surface area contributed by atoms with Crippen molar-refractivity contribution in [2.75, 3.05) is 20.1 Å². The van der Waals surface area contributed by atoms with Gasteiger partial charge < -0.3 is 9.73 Å². The van der Waals surface area contributed by atoms with E-state index in [0.717, 1.165) is 17.9 Å². The first-order valence-corrected chi connectivity index (χ1v) is 7.27. The largest absolute Gasteiger partial charge is 0.469 e. The molecule has 1 heterocycles. The lowest BCUT2D eigenvalue weighted by Crippen LogP contribution is -2.39. The Kier molecular flexibility index (Phi) is 5.58. The minimum absolute atomic E-state index is 0.0251. The maximum Gasteiger partial charge on any atom is 0.241 e. The average molecular weight is 286 g/mol. The van der Waals surface area contributed by atoms with Crippen LogP contribution < -0.4 is 5.32 Å². The second kappa shape index (κ2) is 7.64. The van der Waals surface area contributed by atoms with Gasteiger partial charge in [-0.25, -0.2) is 0 Å². The van der Waals surface area contributed by atoms with Gasteiger partial charge >= 0.3 is 0 Å². The number of carbonyl (C=O) groups is 1. The summed E-state index contributed by atoms with van der Waals surface area (Å²) in [5.41, 5.74) is 1.01. The highest BCUT2D eigenvalue weighted by Gasteiger charge is 2.23. The number of rotatable bonds is 7. The van der Waals surface area contributed by atoms with Gasteiger partial charge in [-0.3, -0.25) is 9.69 Å². The van der Waals surface area contributed by atoms with Crippen molar-refractivity contribution in [3.05, 3.63) is 60.1 Å². The van der Waals surface area contributed by atoms with E-state index in [4.69, 9.17) is 4.42 Å². The van der Waals surface area contributed by atoms with Crippen molar-refractivity contribution in [3.63, 3.8) is 0 Å². The van der Waals surface area contributed by atoms with Crippen molar-refractivity contribution in [2.45, 2.75) is 19.4 Å². The van der Waals surface area contributed by atoms with Gasteiger partial charge in [0.15, 0.2) is 0 Å². The summed E-state index contributed by atoms with van der Waals surface area (Å²) in [6, 6.07) is 13.4. The third-order valence-corrected chi connectivity index (χ3v) is 3.55. The van der Waals surface area contributed by atoms with Crippen LogP contribution in [0.15, 0.2) is 53.1 Å². The molecule has 4 nitrogen and oxygen atoms in total. The van der Waals surface area contributed by atoms with Crippen molar-refractivity contribution >= 4 is 5.91 Å². The quantitative estimate of drug-likeness (QED) is 0.851. The molecule has 0 aliphatic heterocycles. The number of hydrogen-bond acceptors (Lipinski definition) is 3. The van der Waals surface area contributed by atoms with Crippen molar-refractivity contribution in [2.24, 2.45) is 0 Å². The predicted molar refractivity (Wildman–Crippen MR) is 82.9 cm³/mol. The van der Waals surface area contributed by atoms with E-state index in [2.05, 4.69) is 5.32 Å². The molecule has 2 aromatic rings. The van der Waals surface area contributed by atoms with E-state index in [1.54, 1.807) is 6.26 Å². The topological polar surface area (TPSA) is 45.5 Å². The Hall–Kier alpha value is -2.07. The molecule has 0 saturated heterocycles. The van der Waals surface area contributed by atoms with Crippen LogP contribution in [0.4, 0.5) is 0 Å². The first-order chi connectivity index (χ1) is 10.2. The molecule has 1 aromatic carbocycles. The van der Waals surface area contributed by atoms with Gasteiger partial charge in [-0.2, -0.15) is 0 Å². The monoisotopic (exact) mass is 286 g/mol. The molecule has 0 radical (unpaired) electrons. The molecule has 2 rings (SSSR count). The summed E-state index contributed by atoms with van der Waals surface area (Å²) >= 11 is 0. The van der Waals surface area contributed by atoms with Gasteiger partial charge in [-0.05, 0) is 31.3 Å². The Balaban J connectivity index is 1.98. The summed E-state index contributed by atoms with van der Waals surface area (Å²) in [6.07, 6.45) is 2.35. The van der Waals surface area contributed by atoms with Crippen LogP contribution in [0.1, 0.15) is 24.3 Å². The fourth-order valence-corrected chi connectivity index (χ4v) is 2.28. The second-order valence-electron chi connectivity index (χ2n) is 5.01. The van der Waals surface area contributed by atoms with Crippen molar-refractivity contribution < 1.29 is 9.21 Å². The third-order valence-electron chi connectivity index (χ3n) is 3.55. The van der Waals surface area contributed by atoms with Gasteiger partial charge in [-0.1, -0.05) is 37.3 Å². The molecule has 0 bridgehead atoms. The number of benzene rings is 1. The van der Waals surface area contributed by atoms with Crippen LogP contribution >= 0.6 is 0 Å². The number of nitrogens with one attached hydrogen (secondary N) is 1. The number of hydrogen-bond donors (Lipinski definition) is 1. The number of nitrogens with zero attached hydrogens (tertiary/aromatic N) is 1. The highest BCUT2D eigenvalue weighted by molar-refractivity contribution is 5.83. The molecule has 21 heavy (non-hydrogen) atoms. The fourth-order valence-electron chi connectivity index (χ4n) is 2.28. The number of likely N-dealkylation sites (N-methyl/N-ethyl adjacent to an activating group) is 1. The van der Waals surface area contributed by atoms with E-state index in [-0.39, 0.29) is 11.9 Å². The SMILES string of the molecule is CCN(C)[C@@H](C(=O)NCCc1ccco1)c1ccccc1. The maximum absolute atomic E-state index is 12.5. The van der Waals surface area contributed by atoms with Crippen LogP contribution in [0.3, 0.4) is 0 Å². The molecule has 0 spiro atoms. The van der Waals surface area contributed by atoms with Crippen LogP contribution in [-0.4, -0.2) is 30.9 Å². The Labute approximate surface area is 125 Å². The zero-order valence-electron chi connectivity index (χ0n) is 12.6. The fraction of sp³-hybridized carbons (Fsp3) is 0.353. The number of furan rings is 1. The lowest BCUT2D eigenvalue weighted by molar-refractivity contribution is -0.126. The van der Waals surface area contributed by atoms with E-state index in [9.17, 15) is 4.79 Å². The summed E-state index contributed by atoms with van der Waals surface area (Å²) < 4.78 is 5.27. The standard InChI is InChI=1S/C17H22N2O2/c1-3-19(2)16(14-8-5-4-6-9-14)17(20)18-12-11-15-10-7-13-21-15/h4-10,13,16H,3,11-12H2,1-2H3,(H,18,20)/t16-/m1/s1. The molecule has 0 aliphatic carbocycles. The first kappa shape index (κ1) is 15.3. The minimum atomic E-state index is -0.257. The molecule has 1 atom stereocenters. The van der Waals surface area contributed by atoms with Gasteiger partial charge in [-0.15, -0.1) is 0 Å². The van der Waals surface area contributed by atoms with Crippen LogP contribution in [0, 0.1) is 0 Å². The predicted octanol–water partition coefficient (Wildman–Crippen LogP) is 2.63. The second-order valence-corrected chi connectivity index (χ2v) is 5.01. The van der Waals surface area contributed by atoms with Gasteiger partial charge in [0.25, 0.3) is 0 Å². The zero-order chi connectivity index (χ0) is 15.1. The Morgan fingerprint density at radius 1 is 1.24 bits per heavy atom. The molecule has 0 unspecified atom stereocenters. The molecule has 1 aromatic heterocycles. The summed E-state index contributed by atoms with van der Waals surface area (Å²) in [7, 11) is 1.96. The van der Waals surface area contributed by atoms with Crippen molar-refractivity contribution in [1.29, 1.82) is 0 Å². The minimum Gasteiger partial charge on any atom is -0.469 e. The third kappa shape index (κ3) is 4.20. The van der Waals surface area contributed by atoms with Crippen LogP contribution in [-0.2, 0) is 11.2 Å². The smallest absolute Gasteiger partial charge is 0.241 e. The number of carbonyl (C=O) groups excluding carboxylic acids is 1. The molecule has 0 saturated carbocycles. The van der Waals surface area contributed by atoms with Crippen molar-refractivity contribution in [3.8, 4) is 0 Å². The Morgan fingerprint density at radius 3 is 2.62 bits per heavy atom. The lowest BCUT2D eigenvalue weighted by Gasteiger charge is -2.26. The lowest BCUT2D eigenvalue weighted by atomic mass is 10.0. The zero-order valence-corrected chi connectivity index (χ0v) is 12.6. The summed E-state index contributed by atoms with van der Waals surface area (Å²) in [6.45, 7) is 3.43. The molecule has 4 heteroatoms. The maximum atomic E-state index is 12.5. The van der Waals surface area contributed by atoms with Gasteiger partial charge in [0, 0.05) is 13.0 Å². The highest BCUT2D eigenvalue weighted by Crippen LogP contribution is 2.19. The Bertz CT molecular complexity index is 537. The first-order valence-electron chi connectivity index (χ1n) is 7.27. The summed E-state index contributed by atoms with van der Waals surface area (Å²) in [5, 5.41) is 2.99. The van der Waals surface area contributed by atoms with E-state index in [1.807, 2.05) is 61.3 Å². The van der Waals surface area contributed by atoms with Gasteiger partial charge in [0.1, 0.15) is 11.8 Å². The van der Waals surface area contributed by atoms with Crippen LogP contribution in [0.2, 0.25) is 0 Å². The normalized spacial score (nSPS) is 12.3. The molecule has 112 valence electrons. The molecule has 1 N–H and O–H groups in total. The van der Waals surface area contributed by atoms with E-state index in [0.29, 0.717) is 13.0 Å². The van der Waals surface area contributed by atoms with Crippen molar-refractivity contribution in [1.82, 2.24) is 10.2 Å². The number of amides is 1. The van der Waals surface area contributed by atoms with Gasteiger partial charge in [0.2, 0.25) is 5.91 Å². The molecule has 0 aliphatic rings.